The van der Waals surface area contributed by atoms with Crippen LogP contribution in [-0.4, -0.2) is 45.7 Å². The van der Waals surface area contributed by atoms with Gasteiger partial charge in [-0.15, -0.1) is 0 Å². The van der Waals surface area contributed by atoms with E-state index < -0.39 is 12.1 Å². The summed E-state index contributed by atoms with van der Waals surface area (Å²) in [5.74, 6) is -0.648. The summed E-state index contributed by atoms with van der Waals surface area (Å²) in [5, 5.41) is 32.6. The Morgan fingerprint density at radius 2 is 0.610 bits per heavy atom. The van der Waals surface area contributed by atoms with Gasteiger partial charge in [0, 0.05) is 6.42 Å². The molecule has 0 atom stereocenters. The first-order valence-electron chi connectivity index (χ1n) is 18.2. The average Bonchev–Trinajstić information content (AvgIpc) is 2.97. The molecule has 0 saturated carbocycles. The Morgan fingerprint density at radius 3 is 0.756 bits per heavy atom. The van der Waals surface area contributed by atoms with Gasteiger partial charge in [-0.1, -0.05) is 193 Å². The van der Waals surface area contributed by atoms with Crippen LogP contribution >= 0.6 is 0 Å². The van der Waals surface area contributed by atoms with Crippen molar-refractivity contribution in [3.05, 3.63) is 0 Å². The van der Waals surface area contributed by atoms with Gasteiger partial charge in [0.25, 0.3) is 0 Å². The summed E-state index contributed by atoms with van der Waals surface area (Å²) in [4.78, 5) is 10.5. The third-order valence-electron chi connectivity index (χ3n) is 8.17. The van der Waals surface area contributed by atoms with Crippen LogP contribution in [-0.2, 0) is 4.79 Å². The predicted octanol–water partition coefficient (Wildman–Crippen LogP) is 10.5. The minimum Gasteiger partial charge on any atom is -0.481 e. The molecule has 0 aromatic heterocycles. The highest BCUT2D eigenvalue weighted by Gasteiger charge is 1.98. The van der Waals surface area contributed by atoms with Gasteiger partial charge in [0.1, 0.15) is 6.10 Å². The van der Waals surface area contributed by atoms with E-state index in [1.54, 1.807) is 0 Å². The van der Waals surface area contributed by atoms with E-state index in [1.807, 2.05) is 0 Å². The molecule has 0 aliphatic rings. The molecule has 0 amide bonds. The van der Waals surface area contributed by atoms with Crippen molar-refractivity contribution >= 4 is 5.97 Å². The normalized spacial score (nSPS) is 11.1. The molecule has 0 fully saturated rings. The lowest BCUT2D eigenvalue weighted by molar-refractivity contribution is -0.137. The first kappa shape index (κ1) is 42.5. The van der Waals surface area contributed by atoms with Gasteiger partial charge in [0.05, 0.1) is 13.2 Å². The second-order valence-corrected chi connectivity index (χ2v) is 12.4. The molecule has 0 aliphatic carbocycles. The smallest absolute Gasteiger partial charge is 0.303 e. The van der Waals surface area contributed by atoms with Crippen LogP contribution in [0, 0.1) is 0 Å². The van der Waals surface area contributed by atoms with Crippen LogP contribution in [0.25, 0.3) is 0 Å². The molecule has 0 aromatic rings. The third-order valence-corrected chi connectivity index (χ3v) is 8.17. The van der Waals surface area contributed by atoms with Gasteiger partial charge in [-0.2, -0.15) is 0 Å². The van der Waals surface area contributed by atoms with E-state index in [0.717, 1.165) is 12.8 Å². The van der Waals surface area contributed by atoms with E-state index in [2.05, 4.69) is 6.92 Å². The fourth-order valence-corrected chi connectivity index (χ4v) is 5.36. The fourth-order valence-electron chi connectivity index (χ4n) is 5.36. The number of aliphatic hydroxyl groups is 3. The van der Waals surface area contributed by atoms with E-state index in [0.29, 0.717) is 6.42 Å². The molecule has 41 heavy (non-hydrogen) atoms. The summed E-state index contributed by atoms with van der Waals surface area (Å²) < 4.78 is 0. The van der Waals surface area contributed by atoms with Crippen LogP contribution in [0.4, 0.5) is 0 Å². The van der Waals surface area contributed by atoms with Gasteiger partial charge < -0.3 is 20.4 Å². The minimum atomic E-state index is -0.954. The molecule has 0 rings (SSSR count). The first-order valence-corrected chi connectivity index (χ1v) is 18.2. The summed E-state index contributed by atoms with van der Waals surface area (Å²) in [5.41, 5.74) is 0. The molecule has 5 nitrogen and oxygen atoms in total. The minimum absolute atomic E-state index is 0.347. The van der Waals surface area contributed by atoms with Crippen molar-refractivity contribution in [1.29, 1.82) is 0 Å². The maximum absolute atomic E-state index is 10.5. The molecule has 0 unspecified atom stereocenters. The van der Waals surface area contributed by atoms with E-state index in [9.17, 15) is 4.79 Å². The predicted molar refractivity (Wildman–Crippen MR) is 177 cm³/mol. The lowest BCUT2D eigenvalue weighted by Gasteiger charge is -2.04. The summed E-state index contributed by atoms with van der Waals surface area (Å²) in [6.07, 6.45) is 41.5. The molecular formula is C36H74O5. The van der Waals surface area contributed by atoms with Crippen molar-refractivity contribution < 1.29 is 25.2 Å². The summed E-state index contributed by atoms with van der Waals surface area (Å²) in [7, 11) is 0. The molecule has 0 heterocycles. The summed E-state index contributed by atoms with van der Waals surface area (Å²) in [6.45, 7) is 1.57. The summed E-state index contributed by atoms with van der Waals surface area (Å²) in [6, 6.07) is 0. The Kier molecular flexibility index (Phi) is 40.8. The second kappa shape index (κ2) is 39.4. The Labute approximate surface area is 256 Å². The second-order valence-electron chi connectivity index (χ2n) is 12.4. The SMILES string of the molecule is CCCCCCCCCCCCCCCCCCCCCCCCCCCCCCCCC(=O)O.OCC(O)CO. The molecule has 0 spiro atoms. The molecule has 0 aromatic carbocycles. The Hall–Kier alpha value is -0.650. The van der Waals surface area contributed by atoms with E-state index in [-0.39, 0.29) is 13.2 Å². The van der Waals surface area contributed by atoms with Crippen LogP contribution in [0.5, 0.6) is 0 Å². The Morgan fingerprint density at radius 1 is 0.415 bits per heavy atom. The molecule has 0 saturated heterocycles. The van der Waals surface area contributed by atoms with Crippen molar-refractivity contribution in [2.45, 2.75) is 212 Å². The molecule has 0 bridgehead atoms. The first-order chi connectivity index (χ1) is 20.1. The monoisotopic (exact) mass is 587 g/mol. The highest BCUT2D eigenvalue weighted by molar-refractivity contribution is 5.66. The molecule has 0 radical (unpaired) electrons. The third kappa shape index (κ3) is 43.9. The number of hydrogen-bond acceptors (Lipinski definition) is 4. The van der Waals surface area contributed by atoms with Crippen molar-refractivity contribution in [1.82, 2.24) is 0 Å². The van der Waals surface area contributed by atoms with Crippen LogP contribution in [0.3, 0.4) is 0 Å². The number of unbranched alkanes of at least 4 members (excludes halogenated alkanes) is 29. The van der Waals surface area contributed by atoms with Gasteiger partial charge in [-0.25, -0.2) is 0 Å². The Balaban J connectivity index is 0. The van der Waals surface area contributed by atoms with Gasteiger partial charge in [-0.3, -0.25) is 4.79 Å². The quantitative estimate of drug-likeness (QED) is 0.0573. The largest absolute Gasteiger partial charge is 0.481 e. The number of rotatable bonds is 33. The number of carboxylic acids is 1. The van der Waals surface area contributed by atoms with Gasteiger partial charge in [-0.05, 0) is 6.42 Å². The maximum Gasteiger partial charge on any atom is 0.303 e. The van der Waals surface area contributed by atoms with Crippen molar-refractivity contribution in [3.8, 4) is 0 Å². The van der Waals surface area contributed by atoms with Gasteiger partial charge in [0.15, 0.2) is 0 Å². The molecule has 5 heteroatoms. The number of carbonyl (C=O) groups is 1. The number of carboxylic acid groups (broad SMARTS) is 1. The molecule has 4 N–H and O–H groups in total. The molecule has 248 valence electrons. The lowest BCUT2D eigenvalue weighted by atomic mass is 10.0. The zero-order chi connectivity index (χ0) is 30.5. The summed E-state index contributed by atoms with van der Waals surface area (Å²) >= 11 is 0. The van der Waals surface area contributed by atoms with Crippen LogP contribution in [0.1, 0.15) is 206 Å². The van der Waals surface area contributed by atoms with Crippen LogP contribution in [0.15, 0.2) is 0 Å². The molecular weight excluding hydrogens is 512 g/mol. The highest BCUT2D eigenvalue weighted by atomic mass is 16.4. The van der Waals surface area contributed by atoms with Crippen LogP contribution in [0.2, 0.25) is 0 Å². The van der Waals surface area contributed by atoms with E-state index in [4.69, 9.17) is 20.4 Å². The Bertz CT molecular complexity index is 467. The van der Waals surface area contributed by atoms with Crippen molar-refractivity contribution in [3.63, 3.8) is 0 Å². The van der Waals surface area contributed by atoms with E-state index in [1.165, 1.54) is 180 Å². The topological polar surface area (TPSA) is 98.0 Å². The zero-order valence-electron chi connectivity index (χ0n) is 27.6. The molecule has 0 aliphatic heterocycles. The zero-order valence-corrected chi connectivity index (χ0v) is 27.6. The van der Waals surface area contributed by atoms with Gasteiger partial charge >= 0.3 is 5.97 Å². The number of aliphatic hydroxyl groups excluding tert-OH is 3. The van der Waals surface area contributed by atoms with Crippen molar-refractivity contribution in [2.75, 3.05) is 13.2 Å². The standard InChI is InChI=1S/C33H66O2.C3H8O3/c1-2-3-4-5-6-7-8-9-10-11-12-13-14-15-16-17-18-19-20-21-22-23-24-25-26-27-28-29-30-31-32-33(34)35;4-1-3(6)2-5/h2-32H2,1H3,(H,34,35);3-6H,1-2H2. The number of hydrogen-bond donors (Lipinski definition) is 4. The number of aliphatic carboxylic acids is 1. The van der Waals surface area contributed by atoms with E-state index >= 15 is 0 Å². The lowest BCUT2D eigenvalue weighted by Crippen LogP contribution is -2.15. The average molecular weight is 587 g/mol. The fraction of sp³-hybridized carbons (Fsp3) is 0.972. The van der Waals surface area contributed by atoms with Crippen LogP contribution < -0.4 is 0 Å². The van der Waals surface area contributed by atoms with Crippen molar-refractivity contribution in [2.24, 2.45) is 0 Å². The highest BCUT2D eigenvalue weighted by Crippen LogP contribution is 2.16. The van der Waals surface area contributed by atoms with Gasteiger partial charge in [0.2, 0.25) is 0 Å². The maximum atomic E-state index is 10.5.